The first kappa shape index (κ1) is 27.1. The molecule has 1 amide bonds. The van der Waals surface area contributed by atoms with Gasteiger partial charge in [0.25, 0.3) is 11.6 Å². The number of para-hydroxylation sites is 1. The number of pyridine rings is 1. The number of methoxy groups -OCH3 is 3. The minimum Gasteiger partial charge on any atom is -0.493 e. The number of ether oxygens (including phenoxy) is 4. The summed E-state index contributed by atoms with van der Waals surface area (Å²) in [5, 5.41) is 14.3. The van der Waals surface area contributed by atoms with Crippen molar-refractivity contribution in [1.29, 1.82) is 0 Å². The minimum absolute atomic E-state index is 0.0792. The molecule has 4 rings (SSSR count). The molecule has 1 aromatic heterocycles. The van der Waals surface area contributed by atoms with Gasteiger partial charge in [-0.3, -0.25) is 14.9 Å². The van der Waals surface area contributed by atoms with Gasteiger partial charge in [0.1, 0.15) is 5.69 Å². The lowest BCUT2D eigenvalue weighted by molar-refractivity contribution is -0.383. The van der Waals surface area contributed by atoms with Gasteiger partial charge in [0.05, 0.1) is 43.0 Å². The van der Waals surface area contributed by atoms with Crippen molar-refractivity contribution >= 4 is 45.8 Å². The van der Waals surface area contributed by atoms with Gasteiger partial charge in [-0.2, -0.15) is 0 Å². The molecule has 0 aliphatic carbocycles. The van der Waals surface area contributed by atoms with Crippen LogP contribution in [0.15, 0.2) is 60.7 Å². The van der Waals surface area contributed by atoms with Gasteiger partial charge in [0, 0.05) is 22.0 Å². The first-order valence-corrected chi connectivity index (χ1v) is 11.7. The first-order valence-electron chi connectivity index (χ1n) is 11.4. The second-order valence-corrected chi connectivity index (χ2v) is 8.47. The number of halogens is 1. The number of nitro groups is 1. The van der Waals surface area contributed by atoms with Gasteiger partial charge in [-0.05, 0) is 36.4 Å². The summed E-state index contributed by atoms with van der Waals surface area (Å²) in [6.07, 6.45) is 0. The van der Waals surface area contributed by atoms with Crippen LogP contribution in [0.2, 0.25) is 5.02 Å². The molecule has 4 aromatic rings. The number of rotatable bonds is 9. The molecule has 1 heterocycles. The number of nitrogens with zero attached hydrogens (tertiary/aromatic N) is 2. The molecule has 0 radical (unpaired) electrons. The smallest absolute Gasteiger partial charge is 0.339 e. The van der Waals surface area contributed by atoms with Crippen molar-refractivity contribution in [1.82, 2.24) is 4.98 Å². The molecule has 39 heavy (non-hydrogen) atoms. The number of esters is 1. The molecule has 200 valence electrons. The van der Waals surface area contributed by atoms with Crippen LogP contribution in [-0.2, 0) is 9.53 Å². The Labute approximate surface area is 227 Å². The van der Waals surface area contributed by atoms with Crippen LogP contribution in [0.4, 0.5) is 11.4 Å². The highest BCUT2D eigenvalue weighted by atomic mass is 35.5. The third-order valence-electron chi connectivity index (χ3n) is 5.66. The lowest BCUT2D eigenvalue weighted by Crippen LogP contribution is -2.21. The van der Waals surface area contributed by atoms with Crippen LogP contribution in [0.25, 0.3) is 22.2 Å². The van der Waals surface area contributed by atoms with Crippen molar-refractivity contribution < 1.29 is 33.5 Å². The van der Waals surface area contributed by atoms with Crippen LogP contribution in [-0.4, -0.2) is 49.7 Å². The molecule has 0 saturated carbocycles. The molecule has 0 spiro atoms. The number of amides is 1. The fraction of sp³-hybridized carbons (Fsp3) is 0.148. The Morgan fingerprint density at radius 2 is 1.67 bits per heavy atom. The molecule has 3 aromatic carbocycles. The summed E-state index contributed by atoms with van der Waals surface area (Å²) in [5.41, 5.74) is 1.20. The number of benzene rings is 3. The van der Waals surface area contributed by atoms with E-state index in [2.05, 4.69) is 10.3 Å². The van der Waals surface area contributed by atoms with E-state index in [0.29, 0.717) is 39.4 Å². The summed E-state index contributed by atoms with van der Waals surface area (Å²) in [4.78, 5) is 40.9. The van der Waals surface area contributed by atoms with Gasteiger partial charge in [-0.15, -0.1) is 0 Å². The van der Waals surface area contributed by atoms with Crippen molar-refractivity contribution in [3.05, 3.63) is 81.4 Å². The summed E-state index contributed by atoms with van der Waals surface area (Å²) in [6, 6.07) is 15.7. The van der Waals surface area contributed by atoms with Crippen LogP contribution in [0.1, 0.15) is 10.4 Å². The molecular weight excluding hydrogens is 530 g/mol. The molecule has 0 fully saturated rings. The Bertz CT molecular complexity index is 1570. The standard InChI is InChI=1S/C27H22ClN3O8/c1-36-23-10-15(11-24(37-2)26(23)38-3)21-13-18(17-6-4-5-7-19(17)29-21)27(33)39-14-25(32)30-20-9-8-16(28)12-22(20)31(34)35/h4-13H,14H2,1-3H3,(H,30,32). The zero-order valence-electron chi connectivity index (χ0n) is 21.0. The largest absolute Gasteiger partial charge is 0.493 e. The quantitative estimate of drug-likeness (QED) is 0.167. The lowest BCUT2D eigenvalue weighted by Gasteiger charge is -2.15. The van der Waals surface area contributed by atoms with E-state index in [1.54, 1.807) is 36.4 Å². The zero-order valence-corrected chi connectivity index (χ0v) is 21.8. The monoisotopic (exact) mass is 551 g/mol. The molecule has 11 nitrogen and oxygen atoms in total. The Hall–Kier alpha value is -4.90. The van der Waals surface area contributed by atoms with Crippen LogP contribution in [0.3, 0.4) is 0 Å². The van der Waals surface area contributed by atoms with E-state index in [4.69, 9.17) is 30.5 Å². The second kappa shape index (κ2) is 11.7. The Balaban J connectivity index is 1.63. The van der Waals surface area contributed by atoms with Crippen LogP contribution in [0, 0.1) is 10.1 Å². The van der Waals surface area contributed by atoms with E-state index < -0.39 is 29.1 Å². The highest BCUT2D eigenvalue weighted by Gasteiger charge is 2.21. The minimum atomic E-state index is -0.789. The molecule has 12 heteroatoms. The second-order valence-electron chi connectivity index (χ2n) is 8.03. The fourth-order valence-electron chi connectivity index (χ4n) is 3.88. The number of carbonyl (C=O) groups excluding carboxylic acids is 2. The number of carbonyl (C=O) groups is 2. The first-order chi connectivity index (χ1) is 18.7. The van der Waals surface area contributed by atoms with Crippen molar-refractivity contribution in [3.63, 3.8) is 0 Å². The van der Waals surface area contributed by atoms with Crippen LogP contribution >= 0.6 is 11.6 Å². The van der Waals surface area contributed by atoms with Crippen LogP contribution < -0.4 is 19.5 Å². The van der Waals surface area contributed by atoms with Crippen molar-refractivity contribution in [2.45, 2.75) is 0 Å². The Kier molecular flexibility index (Phi) is 8.11. The van der Waals surface area contributed by atoms with Gasteiger partial charge in [0.2, 0.25) is 5.75 Å². The maximum absolute atomic E-state index is 13.1. The van der Waals surface area contributed by atoms with E-state index in [-0.39, 0.29) is 16.3 Å². The summed E-state index contributed by atoms with van der Waals surface area (Å²) >= 11 is 5.81. The summed E-state index contributed by atoms with van der Waals surface area (Å²) < 4.78 is 21.5. The van der Waals surface area contributed by atoms with Crippen molar-refractivity contribution in [3.8, 4) is 28.5 Å². The van der Waals surface area contributed by atoms with Gasteiger partial charge < -0.3 is 24.3 Å². The highest BCUT2D eigenvalue weighted by molar-refractivity contribution is 6.31. The molecule has 0 aliphatic rings. The number of nitrogens with one attached hydrogen (secondary N) is 1. The summed E-state index contributed by atoms with van der Waals surface area (Å²) in [7, 11) is 4.46. The van der Waals surface area contributed by atoms with E-state index in [1.807, 2.05) is 0 Å². The molecule has 0 atom stereocenters. The van der Waals surface area contributed by atoms with Crippen molar-refractivity contribution in [2.75, 3.05) is 33.3 Å². The fourth-order valence-corrected chi connectivity index (χ4v) is 4.04. The topological polar surface area (TPSA) is 139 Å². The normalized spacial score (nSPS) is 10.6. The third kappa shape index (κ3) is 5.83. The maximum atomic E-state index is 13.1. The highest BCUT2D eigenvalue weighted by Crippen LogP contribution is 2.41. The van der Waals surface area contributed by atoms with E-state index >= 15 is 0 Å². The number of aromatic nitrogens is 1. The Morgan fingerprint density at radius 3 is 2.31 bits per heavy atom. The molecular formula is C27H22ClN3O8. The third-order valence-corrected chi connectivity index (χ3v) is 5.90. The zero-order chi connectivity index (χ0) is 28.1. The van der Waals surface area contributed by atoms with Gasteiger partial charge in [0.15, 0.2) is 18.1 Å². The summed E-state index contributed by atoms with van der Waals surface area (Å²) in [5.74, 6) is -0.353. The molecule has 0 bridgehead atoms. The van der Waals surface area contributed by atoms with Gasteiger partial charge in [-0.1, -0.05) is 29.8 Å². The SMILES string of the molecule is COc1cc(-c2cc(C(=O)OCC(=O)Nc3ccc(Cl)cc3[N+](=O)[O-])c3ccccc3n2)cc(OC)c1OC. The number of nitro benzene ring substituents is 1. The van der Waals surface area contributed by atoms with Gasteiger partial charge in [-0.25, -0.2) is 9.78 Å². The number of fused-ring (bicyclic) bond motifs is 1. The van der Waals surface area contributed by atoms with E-state index in [9.17, 15) is 19.7 Å². The molecule has 1 N–H and O–H groups in total. The average molecular weight is 552 g/mol. The van der Waals surface area contributed by atoms with Crippen molar-refractivity contribution in [2.24, 2.45) is 0 Å². The van der Waals surface area contributed by atoms with Crippen LogP contribution in [0.5, 0.6) is 17.2 Å². The molecule has 0 unspecified atom stereocenters. The number of hydrogen-bond donors (Lipinski definition) is 1. The molecule has 0 saturated heterocycles. The lowest BCUT2D eigenvalue weighted by atomic mass is 10.0. The molecule has 0 aliphatic heterocycles. The maximum Gasteiger partial charge on any atom is 0.339 e. The average Bonchev–Trinajstić information content (AvgIpc) is 2.95. The number of anilines is 1. The summed E-state index contributed by atoms with van der Waals surface area (Å²) in [6.45, 7) is -0.686. The predicted octanol–water partition coefficient (Wildman–Crippen LogP) is 5.28. The van der Waals surface area contributed by atoms with Gasteiger partial charge >= 0.3 is 5.97 Å². The predicted molar refractivity (Wildman–Crippen MR) is 144 cm³/mol. The Morgan fingerprint density at radius 1 is 0.974 bits per heavy atom. The van der Waals surface area contributed by atoms with E-state index in [1.165, 1.54) is 39.5 Å². The number of hydrogen-bond acceptors (Lipinski definition) is 9. The van der Waals surface area contributed by atoms with E-state index in [0.717, 1.165) is 6.07 Å².